The number of nitrogen functional groups attached to an aromatic ring is 1. The van der Waals surface area contributed by atoms with E-state index in [1.54, 1.807) is 7.11 Å². The first-order valence-electron chi connectivity index (χ1n) is 6.61. The lowest BCUT2D eigenvalue weighted by atomic mass is 9.98. The molecule has 0 saturated carbocycles. The second kappa shape index (κ2) is 6.51. The van der Waals surface area contributed by atoms with E-state index >= 15 is 0 Å². The Morgan fingerprint density at radius 2 is 2.00 bits per heavy atom. The van der Waals surface area contributed by atoms with Crippen LogP contribution in [0.5, 0.6) is 6.01 Å². The average Bonchev–Trinajstić information content (AvgIpc) is 2.40. The van der Waals surface area contributed by atoms with Crippen molar-refractivity contribution in [2.24, 2.45) is 5.92 Å². The highest BCUT2D eigenvalue weighted by Gasteiger charge is 2.21. The number of hydrogen-bond donors (Lipinski definition) is 1. The molecule has 1 saturated heterocycles. The van der Waals surface area contributed by atoms with E-state index in [9.17, 15) is 0 Å². The predicted molar refractivity (Wildman–Crippen MR) is 72.2 cm³/mol. The number of nitrogens with two attached hydrogens (primary N) is 1. The van der Waals surface area contributed by atoms with Gasteiger partial charge in [-0.05, 0) is 25.7 Å². The van der Waals surface area contributed by atoms with Crippen molar-refractivity contribution in [2.75, 3.05) is 44.0 Å². The molecule has 0 bridgehead atoms. The van der Waals surface area contributed by atoms with Gasteiger partial charge in [-0.2, -0.15) is 15.0 Å². The number of rotatable bonds is 5. The molecule has 2 N–H and O–H groups in total. The van der Waals surface area contributed by atoms with E-state index < -0.39 is 0 Å². The van der Waals surface area contributed by atoms with Crippen LogP contribution < -0.4 is 15.4 Å². The molecule has 0 radical (unpaired) electrons. The van der Waals surface area contributed by atoms with Crippen molar-refractivity contribution in [1.29, 1.82) is 0 Å². The van der Waals surface area contributed by atoms with Crippen molar-refractivity contribution < 1.29 is 9.47 Å². The van der Waals surface area contributed by atoms with Crippen LogP contribution in [0.25, 0.3) is 0 Å². The summed E-state index contributed by atoms with van der Waals surface area (Å²) < 4.78 is 10.5. The van der Waals surface area contributed by atoms with Gasteiger partial charge in [-0.3, -0.25) is 0 Å². The summed E-state index contributed by atoms with van der Waals surface area (Å²) in [4.78, 5) is 14.5. The van der Waals surface area contributed by atoms with Crippen LogP contribution in [0.4, 0.5) is 11.9 Å². The van der Waals surface area contributed by atoms with Crippen molar-refractivity contribution in [3.63, 3.8) is 0 Å². The van der Waals surface area contributed by atoms with Gasteiger partial charge < -0.3 is 20.1 Å². The van der Waals surface area contributed by atoms with E-state index in [0.29, 0.717) is 24.5 Å². The van der Waals surface area contributed by atoms with Gasteiger partial charge in [0.05, 0.1) is 6.61 Å². The van der Waals surface area contributed by atoms with Crippen LogP contribution in [0, 0.1) is 5.92 Å². The van der Waals surface area contributed by atoms with Gasteiger partial charge in [-0.1, -0.05) is 0 Å². The number of ether oxygens (including phenoxy) is 2. The van der Waals surface area contributed by atoms with Gasteiger partial charge in [0, 0.05) is 26.8 Å². The van der Waals surface area contributed by atoms with Crippen LogP contribution in [0.1, 0.15) is 19.8 Å². The van der Waals surface area contributed by atoms with Crippen LogP contribution in [0.3, 0.4) is 0 Å². The first-order valence-corrected chi connectivity index (χ1v) is 6.61. The van der Waals surface area contributed by atoms with Crippen LogP contribution in [0.15, 0.2) is 0 Å². The number of nitrogens with zero attached hydrogens (tertiary/aromatic N) is 4. The van der Waals surface area contributed by atoms with Crippen LogP contribution >= 0.6 is 0 Å². The van der Waals surface area contributed by atoms with Gasteiger partial charge in [0.2, 0.25) is 11.9 Å². The SMILES string of the molecule is CCOc1nc(N)nc(N2CCC(COC)CC2)n1. The molecule has 0 aliphatic carbocycles. The summed E-state index contributed by atoms with van der Waals surface area (Å²) in [7, 11) is 1.74. The van der Waals surface area contributed by atoms with Crippen LogP contribution in [-0.4, -0.2) is 48.4 Å². The van der Waals surface area contributed by atoms with E-state index in [4.69, 9.17) is 15.2 Å². The molecule has 0 atom stereocenters. The Bertz CT molecular complexity index is 407. The standard InChI is InChI=1S/C12H21N5O2/c1-3-19-12-15-10(13)14-11(16-12)17-6-4-9(5-7-17)8-18-2/h9H,3-8H2,1-2H3,(H2,13,14,15,16). The molecule has 0 aromatic carbocycles. The minimum Gasteiger partial charge on any atom is -0.464 e. The summed E-state index contributed by atoms with van der Waals surface area (Å²) in [5, 5.41) is 0. The molecule has 1 aromatic rings. The summed E-state index contributed by atoms with van der Waals surface area (Å²) in [6, 6.07) is 0.295. The van der Waals surface area contributed by atoms with Crippen molar-refractivity contribution >= 4 is 11.9 Å². The van der Waals surface area contributed by atoms with Gasteiger partial charge in [0.1, 0.15) is 0 Å². The Kier molecular flexibility index (Phi) is 4.73. The number of methoxy groups -OCH3 is 1. The average molecular weight is 267 g/mol. The van der Waals surface area contributed by atoms with Gasteiger partial charge in [0.25, 0.3) is 0 Å². The molecule has 1 fully saturated rings. The maximum atomic E-state index is 5.68. The summed E-state index contributed by atoms with van der Waals surface area (Å²) in [6.07, 6.45) is 2.15. The predicted octanol–water partition coefficient (Wildman–Crippen LogP) is 0.715. The second-order valence-corrected chi connectivity index (χ2v) is 4.59. The Morgan fingerprint density at radius 3 is 2.63 bits per heavy atom. The third-order valence-electron chi connectivity index (χ3n) is 3.19. The lowest BCUT2D eigenvalue weighted by molar-refractivity contribution is 0.139. The Balaban J connectivity index is 2.02. The van der Waals surface area contributed by atoms with Crippen LogP contribution in [0.2, 0.25) is 0 Å². The fraction of sp³-hybridized carbons (Fsp3) is 0.750. The maximum absolute atomic E-state index is 5.68. The molecule has 0 amide bonds. The van der Waals surface area contributed by atoms with Gasteiger partial charge >= 0.3 is 6.01 Å². The molecule has 106 valence electrons. The highest BCUT2D eigenvalue weighted by Crippen LogP contribution is 2.22. The fourth-order valence-corrected chi connectivity index (χ4v) is 2.23. The minimum atomic E-state index is 0.201. The number of aromatic nitrogens is 3. The second-order valence-electron chi connectivity index (χ2n) is 4.59. The number of hydrogen-bond acceptors (Lipinski definition) is 7. The molecule has 2 rings (SSSR count). The zero-order valence-corrected chi connectivity index (χ0v) is 11.5. The van der Waals surface area contributed by atoms with Gasteiger partial charge in [-0.25, -0.2) is 0 Å². The van der Waals surface area contributed by atoms with E-state index in [1.807, 2.05) is 6.92 Å². The molecule has 7 heteroatoms. The van der Waals surface area contributed by atoms with Crippen molar-refractivity contribution in [3.8, 4) is 6.01 Å². The third-order valence-corrected chi connectivity index (χ3v) is 3.19. The smallest absolute Gasteiger partial charge is 0.323 e. The molecule has 19 heavy (non-hydrogen) atoms. The number of piperidine rings is 1. The van der Waals surface area contributed by atoms with Gasteiger partial charge in [-0.15, -0.1) is 0 Å². The molecule has 1 aromatic heterocycles. The fourth-order valence-electron chi connectivity index (χ4n) is 2.23. The number of anilines is 2. The van der Waals surface area contributed by atoms with Crippen molar-refractivity contribution in [3.05, 3.63) is 0 Å². The minimum absolute atomic E-state index is 0.201. The quantitative estimate of drug-likeness (QED) is 0.840. The molecule has 7 nitrogen and oxygen atoms in total. The van der Waals surface area contributed by atoms with Gasteiger partial charge in [0.15, 0.2) is 0 Å². The Hall–Kier alpha value is -1.63. The van der Waals surface area contributed by atoms with E-state index in [-0.39, 0.29) is 5.95 Å². The van der Waals surface area contributed by atoms with E-state index in [0.717, 1.165) is 32.5 Å². The molecular formula is C12H21N5O2. The molecule has 1 aliphatic heterocycles. The Morgan fingerprint density at radius 1 is 1.26 bits per heavy atom. The summed E-state index contributed by atoms with van der Waals surface area (Å²) in [5.74, 6) is 1.42. The van der Waals surface area contributed by atoms with E-state index in [1.165, 1.54) is 0 Å². The third kappa shape index (κ3) is 3.66. The largest absolute Gasteiger partial charge is 0.464 e. The topological polar surface area (TPSA) is 86.4 Å². The summed E-state index contributed by atoms with van der Waals surface area (Å²) in [5.41, 5.74) is 5.68. The molecular weight excluding hydrogens is 246 g/mol. The normalized spacial score (nSPS) is 16.6. The molecule has 2 heterocycles. The zero-order valence-electron chi connectivity index (χ0n) is 11.5. The van der Waals surface area contributed by atoms with E-state index in [2.05, 4.69) is 19.9 Å². The maximum Gasteiger partial charge on any atom is 0.323 e. The molecule has 0 unspecified atom stereocenters. The lowest BCUT2D eigenvalue weighted by Gasteiger charge is -2.31. The first-order chi connectivity index (χ1) is 9.22. The van der Waals surface area contributed by atoms with Crippen molar-refractivity contribution in [2.45, 2.75) is 19.8 Å². The summed E-state index contributed by atoms with van der Waals surface area (Å²) >= 11 is 0. The highest BCUT2D eigenvalue weighted by molar-refractivity contribution is 5.36. The highest BCUT2D eigenvalue weighted by atomic mass is 16.5. The monoisotopic (exact) mass is 267 g/mol. The lowest BCUT2D eigenvalue weighted by Crippen LogP contribution is -2.36. The molecule has 0 spiro atoms. The first kappa shape index (κ1) is 13.8. The van der Waals surface area contributed by atoms with Crippen molar-refractivity contribution in [1.82, 2.24) is 15.0 Å². The molecule has 1 aliphatic rings. The summed E-state index contributed by atoms with van der Waals surface area (Å²) in [6.45, 7) is 5.03. The zero-order chi connectivity index (χ0) is 13.7. The Labute approximate surface area is 113 Å². The van der Waals surface area contributed by atoms with Crippen LogP contribution in [-0.2, 0) is 4.74 Å².